The van der Waals surface area contributed by atoms with Gasteiger partial charge in [0.05, 0.1) is 24.2 Å². The Morgan fingerprint density at radius 3 is 2.57 bits per heavy atom. The van der Waals surface area contributed by atoms with Crippen LogP contribution in [-0.2, 0) is 6.54 Å². The van der Waals surface area contributed by atoms with Gasteiger partial charge in [-0.3, -0.25) is 4.68 Å². The van der Waals surface area contributed by atoms with E-state index in [1.165, 1.54) is 0 Å². The van der Waals surface area contributed by atoms with E-state index in [0.29, 0.717) is 18.3 Å². The van der Waals surface area contributed by atoms with Crippen molar-refractivity contribution in [3.05, 3.63) is 35.2 Å². The Morgan fingerprint density at radius 1 is 1.33 bits per heavy atom. The van der Waals surface area contributed by atoms with Gasteiger partial charge in [-0.15, -0.1) is 0 Å². The van der Waals surface area contributed by atoms with Gasteiger partial charge in [-0.2, -0.15) is 5.10 Å². The third kappa shape index (κ3) is 3.12. The summed E-state index contributed by atoms with van der Waals surface area (Å²) in [4.78, 5) is 0. The van der Waals surface area contributed by atoms with E-state index < -0.39 is 0 Å². The fraction of sp³-hybridized carbons (Fsp3) is 0.438. The summed E-state index contributed by atoms with van der Waals surface area (Å²) in [5.74, 6) is 0.641. The molecule has 2 rings (SSSR count). The molecule has 2 N–H and O–H groups in total. The predicted octanol–water partition coefficient (Wildman–Crippen LogP) is 3.41. The SMILES string of the molecule is COc1ccc(CNc2c(C)nn(C(C)C)c2C)cc1O. The Bertz CT molecular complexity index is 633. The molecule has 0 aliphatic carbocycles. The van der Waals surface area contributed by atoms with Gasteiger partial charge in [-0.05, 0) is 45.4 Å². The maximum Gasteiger partial charge on any atom is 0.160 e. The number of nitrogens with one attached hydrogen (secondary N) is 1. The Kier molecular flexibility index (Phi) is 4.40. The van der Waals surface area contributed by atoms with Gasteiger partial charge in [-0.25, -0.2) is 0 Å². The normalized spacial score (nSPS) is 11.0. The van der Waals surface area contributed by atoms with Crippen LogP contribution in [0.15, 0.2) is 18.2 Å². The van der Waals surface area contributed by atoms with Crippen LogP contribution in [-0.4, -0.2) is 22.0 Å². The molecule has 0 aliphatic rings. The maximum absolute atomic E-state index is 9.81. The minimum atomic E-state index is 0.156. The van der Waals surface area contributed by atoms with Gasteiger partial charge in [-0.1, -0.05) is 6.07 Å². The van der Waals surface area contributed by atoms with Crippen molar-refractivity contribution in [1.29, 1.82) is 0 Å². The Morgan fingerprint density at radius 2 is 2.05 bits per heavy atom. The highest BCUT2D eigenvalue weighted by atomic mass is 16.5. The fourth-order valence-electron chi connectivity index (χ4n) is 2.46. The summed E-state index contributed by atoms with van der Waals surface area (Å²) in [5.41, 5.74) is 4.16. The second kappa shape index (κ2) is 6.08. The highest BCUT2D eigenvalue weighted by Gasteiger charge is 2.13. The smallest absolute Gasteiger partial charge is 0.160 e. The van der Waals surface area contributed by atoms with Gasteiger partial charge in [0.1, 0.15) is 0 Å². The average Bonchev–Trinajstić information content (AvgIpc) is 2.72. The molecular formula is C16H23N3O2. The molecule has 21 heavy (non-hydrogen) atoms. The fourth-order valence-corrected chi connectivity index (χ4v) is 2.46. The van der Waals surface area contributed by atoms with Crippen molar-refractivity contribution in [3.63, 3.8) is 0 Å². The molecule has 0 radical (unpaired) electrons. The summed E-state index contributed by atoms with van der Waals surface area (Å²) in [6.45, 7) is 8.92. The summed E-state index contributed by atoms with van der Waals surface area (Å²) in [6.07, 6.45) is 0. The van der Waals surface area contributed by atoms with Crippen LogP contribution in [0.3, 0.4) is 0 Å². The molecule has 0 saturated carbocycles. The van der Waals surface area contributed by atoms with Crippen LogP contribution >= 0.6 is 0 Å². The monoisotopic (exact) mass is 289 g/mol. The number of hydrogen-bond acceptors (Lipinski definition) is 4. The van der Waals surface area contributed by atoms with Crippen LogP contribution in [0.4, 0.5) is 5.69 Å². The van der Waals surface area contributed by atoms with E-state index in [2.05, 4.69) is 31.2 Å². The molecule has 5 nitrogen and oxygen atoms in total. The standard InChI is InChI=1S/C16H23N3O2/c1-10(2)19-12(4)16(11(3)18-19)17-9-13-6-7-15(21-5)14(20)8-13/h6-8,10,17,20H,9H2,1-5H3. The molecule has 5 heteroatoms. The van der Waals surface area contributed by atoms with Gasteiger partial charge in [0.15, 0.2) is 11.5 Å². The Hall–Kier alpha value is -2.17. The lowest BCUT2D eigenvalue weighted by molar-refractivity contribution is 0.373. The molecule has 114 valence electrons. The number of phenolic OH excluding ortho intramolecular Hbond substituents is 1. The van der Waals surface area contributed by atoms with Crippen molar-refractivity contribution in [2.45, 2.75) is 40.3 Å². The van der Waals surface area contributed by atoms with Gasteiger partial charge in [0.2, 0.25) is 0 Å². The predicted molar refractivity (Wildman–Crippen MR) is 84.1 cm³/mol. The topological polar surface area (TPSA) is 59.3 Å². The first-order valence-corrected chi connectivity index (χ1v) is 7.09. The van der Waals surface area contributed by atoms with Gasteiger partial charge >= 0.3 is 0 Å². The molecule has 0 fully saturated rings. The van der Waals surface area contributed by atoms with E-state index in [-0.39, 0.29) is 5.75 Å². The number of phenols is 1. The molecule has 0 atom stereocenters. The number of aryl methyl sites for hydroxylation is 1. The maximum atomic E-state index is 9.81. The summed E-state index contributed by atoms with van der Waals surface area (Å²) < 4.78 is 7.06. The van der Waals surface area contributed by atoms with Gasteiger partial charge < -0.3 is 15.2 Å². The van der Waals surface area contributed by atoms with E-state index in [1.807, 2.05) is 17.7 Å². The van der Waals surface area contributed by atoms with Crippen LogP contribution in [0, 0.1) is 13.8 Å². The van der Waals surface area contributed by atoms with Gasteiger partial charge in [0, 0.05) is 12.6 Å². The number of aromatic nitrogens is 2. The minimum Gasteiger partial charge on any atom is -0.504 e. The summed E-state index contributed by atoms with van der Waals surface area (Å²) in [7, 11) is 1.54. The molecule has 1 heterocycles. The first-order chi connectivity index (χ1) is 9.93. The number of anilines is 1. The van der Waals surface area contributed by atoms with Crippen molar-refractivity contribution < 1.29 is 9.84 Å². The Balaban J connectivity index is 2.15. The highest BCUT2D eigenvalue weighted by Crippen LogP contribution is 2.27. The number of methoxy groups -OCH3 is 1. The molecule has 0 spiro atoms. The zero-order chi connectivity index (χ0) is 15.6. The lowest BCUT2D eigenvalue weighted by Crippen LogP contribution is -2.06. The second-order valence-corrected chi connectivity index (χ2v) is 5.44. The molecule has 0 saturated heterocycles. The van der Waals surface area contributed by atoms with E-state index in [1.54, 1.807) is 19.2 Å². The lowest BCUT2D eigenvalue weighted by Gasteiger charge is -2.11. The molecule has 2 aromatic rings. The molecule has 1 aromatic carbocycles. The van der Waals surface area contributed by atoms with Crippen LogP contribution in [0.5, 0.6) is 11.5 Å². The van der Waals surface area contributed by atoms with Crippen molar-refractivity contribution in [2.24, 2.45) is 0 Å². The first-order valence-electron chi connectivity index (χ1n) is 7.09. The molecular weight excluding hydrogens is 266 g/mol. The molecule has 0 aliphatic heterocycles. The van der Waals surface area contributed by atoms with E-state index in [0.717, 1.165) is 22.6 Å². The van der Waals surface area contributed by atoms with E-state index in [4.69, 9.17) is 4.74 Å². The summed E-state index contributed by atoms with van der Waals surface area (Å²) in [5, 5.41) is 17.8. The van der Waals surface area contributed by atoms with E-state index >= 15 is 0 Å². The number of rotatable bonds is 5. The third-order valence-electron chi connectivity index (χ3n) is 3.53. The summed E-state index contributed by atoms with van der Waals surface area (Å²) in [6, 6.07) is 5.75. The third-order valence-corrected chi connectivity index (χ3v) is 3.53. The van der Waals surface area contributed by atoms with Crippen molar-refractivity contribution in [1.82, 2.24) is 9.78 Å². The molecule has 1 aromatic heterocycles. The minimum absolute atomic E-state index is 0.156. The van der Waals surface area contributed by atoms with Gasteiger partial charge in [0.25, 0.3) is 0 Å². The van der Waals surface area contributed by atoms with Crippen molar-refractivity contribution in [3.8, 4) is 11.5 Å². The van der Waals surface area contributed by atoms with Crippen LogP contribution in [0.2, 0.25) is 0 Å². The number of nitrogens with zero attached hydrogens (tertiary/aromatic N) is 2. The first kappa shape index (κ1) is 15.2. The quantitative estimate of drug-likeness (QED) is 0.885. The number of hydrogen-bond donors (Lipinski definition) is 2. The zero-order valence-electron chi connectivity index (χ0n) is 13.3. The number of benzene rings is 1. The van der Waals surface area contributed by atoms with Crippen molar-refractivity contribution in [2.75, 3.05) is 12.4 Å². The largest absolute Gasteiger partial charge is 0.504 e. The number of ether oxygens (including phenoxy) is 1. The average molecular weight is 289 g/mol. The molecule has 0 amide bonds. The molecule has 0 unspecified atom stereocenters. The van der Waals surface area contributed by atoms with Crippen LogP contribution < -0.4 is 10.1 Å². The van der Waals surface area contributed by atoms with Crippen molar-refractivity contribution >= 4 is 5.69 Å². The second-order valence-electron chi connectivity index (χ2n) is 5.44. The highest BCUT2D eigenvalue weighted by molar-refractivity contribution is 5.53. The lowest BCUT2D eigenvalue weighted by atomic mass is 10.2. The van der Waals surface area contributed by atoms with Crippen LogP contribution in [0.25, 0.3) is 0 Å². The van der Waals surface area contributed by atoms with E-state index in [9.17, 15) is 5.11 Å². The summed E-state index contributed by atoms with van der Waals surface area (Å²) >= 11 is 0. The zero-order valence-corrected chi connectivity index (χ0v) is 13.3. The van der Waals surface area contributed by atoms with Crippen LogP contribution in [0.1, 0.15) is 36.8 Å². The Labute approximate surface area is 125 Å². The molecule has 0 bridgehead atoms. The number of aromatic hydroxyl groups is 1.